The van der Waals surface area contributed by atoms with Gasteiger partial charge in [-0.15, -0.1) is 0 Å². The Balaban J connectivity index is 1.53. The number of thioether (sulfide) groups is 1. The smallest absolute Gasteiger partial charge is 0.251 e. The summed E-state index contributed by atoms with van der Waals surface area (Å²) in [5.74, 6) is 0.365. The van der Waals surface area contributed by atoms with Crippen LogP contribution < -0.4 is 10.6 Å². The number of anilines is 1. The van der Waals surface area contributed by atoms with Crippen LogP contribution in [0.2, 0.25) is 0 Å². The van der Waals surface area contributed by atoms with Gasteiger partial charge in [-0.1, -0.05) is 11.8 Å². The number of imidazole rings is 1. The first-order valence-electron chi connectivity index (χ1n) is 8.28. The molecule has 0 saturated carbocycles. The van der Waals surface area contributed by atoms with Gasteiger partial charge < -0.3 is 10.6 Å². The Bertz CT molecular complexity index is 961. The van der Waals surface area contributed by atoms with Gasteiger partial charge >= 0.3 is 0 Å². The molecule has 2 aromatic heterocycles. The fraction of sp³-hybridized carbons (Fsp3) is 0.158. The fourth-order valence-corrected chi connectivity index (χ4v) is 3.04. The van der Waals surface area contributed by atoms with Crippen molar-refractivity contribution in [3.63, 3.8) is 0 Å². The van der Waals surface area contributed by atoms with Crippen LogP contribution in [-0.2, 0) is 0 Å². The Kier molecular flexibility index (Phi) is 6.07. The molecule has 2 heterocycles. The van der Waals surface area contributed by atoms with Crippen molar-refractivity contribution in [2.24, 2.45) is 0 Å². The predicted molar refractivity (Wildman–Crippen MR) is 105 cm³/mol. The van der Waals surface area contributed by atoms with Crippen LogP contribution >= 0.6 is 11.8 Å². The Labute approximate surface area is 161 Å². The van der Waals surface area contributed by atoms with E-state index in [1.54, 1.807) is 48.4 Å². The second kappa shape index (κ2) is 8.87. The number of benzene rings is 1. The van der Waals surface area contributed by atoms with Gasteiger partial charge in [0.05, 0.1) is 5.56 Å². The lowest BCUT2D eigenvalue weighted by Crippen LogP contribution is -2.29. The number of pyridine rings is 1. The zero-order valence-corrected chi connectivity index (χ0v) is 15.5. The van der Waals surface area contributed by atoms with E-state index < -0.39 is 0 Å². The van der Waals surface area contributed by atoms with Gasteiger partial charge in [0.1, 0.15) is 11.9 Å². The summed E-state index contributed by atoms with van der Waals surface area (Å²) in [6.45, 7) is 0.891. The quantitative estimate of drug-likeness (QED) is 0.485. The van der Waals surface area contributed by atoms with Gasteiger partial charge in [-0.2, -0.15) is 5.26 Å². The molecule has 1 aromatic carbocycles. The lowest BCUT2D eigenvalue weighted by Gasteiger charge is -2.09. The summed E-state index contributed by atoms with van der Waals surface area (Å²) in [7, 11) is 0. The molecule has 136 valence electrons. The summed E-state index contributed by atoms with van der Waals surface area (Å²) in [5, 5.41) is 15.8. The predicted octanol–water partition coefficient (Wildman–Crippen LogP) is 2.70. The molecule has 27 heavy (non-hydrogen) atoms. The van der Waals surface area contributed by atoms with E-state index in [1.165, 1.54) is 0 Å². The minimum Gasteiger partial charge on any atom is -0.367 e. The molecular weight excluding hydrogens is 360 g/mol. The molecule has 0 spiro atoms. The maximum atomic E-state index is 12.3. The molecular formula is C19H18N6OS. The van der Waals surface area contributed by atoms with Crippen molar-refractivity contribution >= 4 is 23.5 Å². The van der Waals surface area contributed by atoms with Crippen molar-refractivity contribution in [3.05, 3.63) is 66.1 Å². The monoisotopic (exact) mass is 378 g/mol. The largest absolute Gasteiger partial charge is 0.367 e. The summed E-state index contributed by atoms with van der Waals surface area (Å²) in [6, 6.07) is 12.8. The molecule has 8 heteroatoms. The highest BCUT2D eigenvalue weighted by Crippen LogP contribution is 2.18. The van der Waals surface area contributed by atoms with E-state index >= 15 is 0 Å². The van der Waals surface area contributed by atoms with Gasteiger partial charge in [0.25, 0.3) is 5.91 Å². The number of nitrogens with zero attached hydrogens (tertiary/aromatic N) is 4. The van der Waals surface area contributed by atoms with Crippen LogP contribution in [0.3, 0.4) is 0 Å². The van der Waals surface area contributed by atoms with Crippen molar-refractivity contribution in [1.29, 1.82) is 5.26 Å². The maximum Gasteiger partial charge on any atom is 0.251 e. The van der Waals surface area contributed by atoms with Crippen LogP contribution in [0.1, 0.15) is 15.9 Å². The van der Waals surface area contributed by atoms with E-state index in [4.69, 9.17) is 5.26 Å². The number of nitrogens with one attached hydrogen (secondary N) is 2. The molecule has 3 rings (SSSR count). The average molecular weight is 378 g/mol. The van der Waals surface area contributed by atoms with Gasteiger partial charge in [-0.05, 0) is 42.7 Å². The van der Waals surface area contributed by atoms with Crippen molar-refractivity contribution in [2.75, 3.05) is 24.7 Å². The molecule has 3 aromatic rings. The summed E-state index contributed by atoms with van der Waals surface area (Å²) in [4.78, 5) is 20.7. The second-order valence-corrected chi connectivity index (χ2v) is 6.30. The summed E-state index contributed by atoms with van der Waals surface area (Å²) >= 11 is 1.56. The molecule has 0 fully saturated rings. The zero-order chi connectivity index (χ0) is 19.1. The van der Waals surface area contributed by atoms with Crippen molar-refractivity contribution in [3.8, 4) is 11.8 Å². The molecule has 1 amide bonds. The first-order chi connectivity index (χ1) is 13.2. The number of rotatable bonds is 7. The van der Waals surface area contributed by atoms with Crippen molar-refractivity contribution < 1.29 is 4.79 Å². The van der Waals surface area contributed by atoms with E-state index in [0.29, 0.717) is 30.0 Å². The Morgan fingerprint density at radius 1 is 1.19 bits per heavy atom. The Morgan fingerprint density at radius 3 is 2.74 bits per heavy atom. The topological polar surface area (TPSA) is 95.6 Å². The standard InChI is InChI=1S/C19H18N6OS/c1-27-19-24-11-12-25(19)16-6-4-14(5-7-16)18(26)23-10-9-22-17-15(13-20)3-2-8-21-17/h2-8,11-12H,9-10H2,1H3,(H,21,22)(H,23,26). The molecule has 0 radical (unpaired) electrons. The first-order valence-corrected chi connectivity index (χ1v) is 9.50. The molecule has 7 nitrogen and oxygen atoms in total. The van der Waals surface area contributed by atoms with E-state index in [2.05, 4.69) is 26.7 Å². The third-order valence-corrected chi connectivity index (χ3v) is 4.50. The van der Waals surface area contributed by atoms with Gasteiger partial charge in [0.2, 0.25) is 0 Å². The van der Waals surface area contributed by atoms with Gasteiger partial charge in [0, 0.05) is 42.9 Å². The number of nitriles is 1. The van der Waals surface area contributed by atoms with E-state index in [-0.39, 0.29) is 5.91 Å². The number of aromatic nitrogens is 3. The summed E-state index contributed by atoms with van der Waals surface area (Å²) in [6.07, 6.45) is 7.23. The van der Waals surface area contributed by atoms with Crippen LogP contribution in [0.15, 0.2) is 60.1 Å². The SMILES string of the molecule is CSc1nccn1-c1ccc(C(=O)NCCNc2ncccc2C#N)cc1. The van der Waals surface area contributed by atoms with Crippen molar-refractivity contribution in [2.45, 2.75) is 5.16 Å². The summed E-state index contributed by atoms with van der Waals surface area (Å²) < 4.78 is 1.97. The van der Waals surface area contributed by atoms with E-state index in [9.17, 15) is 4.79 Å². The first kappa shape index (κ1) is 18.5. The molecule has 0 aliphatic rings. The number of carbonyl (C=O) groups is 1. The average Bonchev–Trinajstić information content (AvgIpc) is 3.20. The lowest BCUT2D eigenvalue weighted by atomic mass is 10.2. The zero-order valence-electron chi connectivity index (χ0n) is 14.7. The normalized spacial score (nSPS) is 10.2. The van der Waals surface area contributed by atoms with Crippen molar-refractivity contribution in [1.82, 2.24) is 19.9 Å². The van der Waals surface area contributed by atoms with Crippen LogP contribution in [-0.4, -0.2) is 39.8 Å². The molecule has 0 saturated heterocycles. The van der Waals surface area contributed by atoms with E-state index in [0.717, 1.165) is 10.8 Å². The van der Waals surface area contributed by atoms with Crippen LogP contribution in [0.4, 0.5) is 5.82 Å². The van der Waals surface area contributed by atoms with Gasteiger partial charge in [-0.25, -0.2) is 9.97 Å². The number of hydrogen-bond acceptors (Lipinski definition) is 6. The molecule has 2 N–H and O–H groups in total. The summed E-state index contributed by atoms with van der Waals surface area (Å²) in [5.41, 5.74) is 2.01. The molecule has 0 aliphatic heterocycles. The second-order valence-electron chi connectivity index (χ2n) is 5.52. The molecule has 0 atom stereocenters. The highest BCUT2D eigenvalue weighted by molar-refractivity contribution is 7.98. The van der Waals surface area contributed by atoms with Crippen LogP contribution in [0, 0.1) is 11.3 Å². The Morgan fingerprint density at radius 2 is 2.00 bits per heavy atom. The Hall–Kier alpha value is -3.31. The minimum atomic E-state index is -0.152. The number of carbonyl (C=O) groups excluding carboxylic acids is 1. The van der Waals surface area contributed by atoms with E-state index in [1.807, 2.05) is 29.2 Å². The minimum absolute atomic E-state index is 0.152. The lowest BCUT2D eigenvalue weighted by molar-refractivity contribution is 0.0955. The molecule has 0 unspecified atom stereocenters. The maximum absolute atomic E-state index is 12.3. The third-order valence-electron chi connectivity index (χ3n) is 3.83. The third kappa shape index (κ3) is 4.46. The highest BCUT2D eigenvalue weighted by atomic mass is 32.2. The highest BCUT2D eigenvalue weighted by Gasteiger charge is 2.08. The number of amides is 1. The van der Waals surface area contributed by atoms with Gasteiger partial charge in [0.15, 0.2) is 5.16 Å². The van der Waals surface area contributed by atoms with Crippen LogP contribution in [0.5, 0.6) is 0 Å². The number of hydrogen-bond donors (Lipinski definition) is 2. The molecule has 0 bridgehead atoms. The van der Waals surface area contributed by atoms with Gasteiger partial charge in [-0.3, -0.25) is 9.36 Å². The fourth-order valence-electron chi connectivity index (χ4n) is 2.51. The van der Waals surface area contributed by atoms with Crippen LogP contribution in [0.25, 0.3) is 5.69 Å². The molecule has 0 aliphatic carbocycles.